The third kappa shape index (κ3) is 3.50. The molecule has 23 heavy (non-hydrogen) atoms. The quantitative estimate of drug-likeness (QED) is 0.497. The van der Waals surface area contributed by atoms with Crippen LogP contribution in [-0.4, -0.2) is 24.0 Å². The van der Waals surface area contributed by atoms with E-state index in [9.17, 15) is 9.59 Å². The molecule has 7 heteroatoms. The van der Waals surface area contributed by atoms with Crippen molar-refractivity contribution in [2.24, 2.45) is 0 Å². The number of ether oxygens (including phenoxy) is 1. The first-order valence-electron chi connectivity index (χ1n) is 6.62. The van der Waals surface area contributed by atoms with Crippen molar-refractivity contribution in [2.45, 2.75) is 0 Å². The summed E-state index contributed by atoms with van der Waals surface area (Å²) in [6, 6.07) is 12.4. The Hall–Kier alpha value is -2.00. The van der Waals surface area contributed by atoms with Crippen molar-refractivity contribution in [3.63, 3.8) is 0 Å². The lowest BCUT2D eigenvalue weighted by molar-refractivity contribution is 0.0601. The number of nitrogens with one attached hydrogen (secondary N) is 1. The van der Waals surface area contributed by atoms with E-state index in [4.69, 9.17) is 4.74 Å². The van der Waals surface area contributed by atoms with Crippen molar-refractivity contribution in [1.29, 1.82) is 0 Å². The Labute approximate surface area is 149 Å². The largest absolute Gasteiger partial charge is 0.465 e. The summed E-state index contributed by atoms with van der Waals surface area (Å²) in [7, 11) is 1.34. The van der Waals surface area contributed by atoms with E-state index >= 15 is 0 Å². The molecule has 0 fully saturated rings. The average molecular weight is 438 g/mol. The summed E-state index contributed by atoms with van der Waals surface area (Å²) in [6.07, 6.45) is 0. The number of amides is 1. The topological polar surface area (TPSA) is 68.3 Å². The van der Waals surface area contributed by atoms with E-state index in [1.54, 1.807) is 30.3 Å². The molecule has 1 amide bonds. The monoisotopic (exact) mass is 438 g/mol. The standard InChI is InChI=1S/C16H11IN2O3S/c1-22-15(21)10-4-7-12-13(8-10)23-16(18-12)19-14(20)9-2-5-11(17)6-3-9/h2-8H,1H3,(H,18,19,20). The van der Waals surface area contributed by atoms with Crippen LogP contribution in [0.3, 0.4) is 0 Å². The maximum atomic E-state index is 12.2. The molecule has 0 unspecified atom stereocenters. The van der Waals surface area contributed by atoms with Crippen molar-refractivity contribution in [3.8, 4) is 0 Å². The van der Waals surface area contributed by atoms with Crippen LogP contribution in [0.1, 0.15) is 20.7 Å². The van der Waals surface area contributed by atoms with Gasteiger partial charge in [0.1, 0.15) is 0 Å². The number of nitrogens with zero attached hydrogens (tertiary/aromatic N) is 1. The minimum Gasteiger partial charge on any atom is -0.465 e. The van der Waals surface area contributed by atoms with Gasteiger partial charge in [0.15, 0.2) is 5.13 Å². The summed E-state index contributed by atoms with van der Waals surface area (Å²) in [6.45, 7) is 0. The third-order valence-corrected chi connectivity index (χ3v) is 4.79. The molecule has 0 aliphatic heterocycles. The normalized spacial score (nSPS) is 10.5. The zero-order chi connectivity index (χ0) is 16.4. The van der Waals surface area contributed by atoms with Gasteiger partial charge in [-0.1, -0.05) is 11.3 Å². The Kier molecular flexibility index (Phi) is 4.58. The number of hydrogen-bond acceptors (Lipinski definition) is 5. The number of benzene rings is 2. The van der Waals surface area contributed by atoms with Crippen LogP contribution in [0.25, 0.3) is 10.2 Å². The highest BCUT2D eigenvalue weighted by Gasteiger charge is 2.12. The van der Waals surface area contributed by atoms with Crippen LogP contribution in [0.5, 0.6) is 0 Å². The number of fused-ring (bicyclic) bond motifs is 1. The highest BCUT2D eigenvalue weighted by Crippen LogP contribution is 2.27. The lowest BCUT2D eigenvalue weighted by atomic mass is 10.2. The smallest absolute Gasteiger partial charge is 0.337 e. The van der Waals surface area contributed by atoms with Crippen LogP contribution in [-0.2, 0) is 4.74 Å². The van der Waals surface area contributed by atoms with Crippen LogP contribution in [0.15, 0.2) is 42.5 Å². The van der Waals surface area contributed by atoms with Crippen LogP contribution in [0, 0.1) is 3.57 Å². The van der Waals surface area contributed by atoms with E-state index in [1.165, 1.54) is 18.4 Å². The van der Waals surface area contributed by atoms with Gasteiger partial charge in [-0.05, 0) is 65.1 Å². The summed E-state index contributed by atoms with van der Waals surface area (Å²) >= 11 is 3.50. The number of carbonyl (C=O) groups is 2. The molecule has 0 bridgehead atoms. The van der Waals surface area contributed by atoms with Crippen molar-refractivity contribution >= 4 is 61.2 Å². The van der Waals surface area contributed by atoms with Crippen LogP contribution >= 0.6 is 33.9 Å². The number of esters is 1. The minimum atomic E-state index is -0.398. The first kappa shape index (κ1) is 15.9. The molecule has 3 aromatic rings. The predicted octanol–water partition coefficient (Wildman–Crippen LogP) is 3.94. The van der Waals surface area contributed by atoms with Gasteiger partial charge in [-0.25, -0.2) is 9.78 Å². The van der Waals surface area contributed by atoms with E-state index in [-0.39, 0.29) is 5.91 Å². The fourth-order valence-corrected chi connectivity index (χ4v) is 3.25. The first-order valence-corrected chi connectivity index (χ1v) is 8.52. The fraction of sp³-hybridized carbons (Fsp3) is 0.0625. The minimum absolute atomic E-state index is 0.214. The van der Waals surface area contributed by atoms with E-state index in [1.807, 2.05) is 12.1 Å². The molecule has 116 valence electrons. The summed E-state index contributed by atoms with van der Waals surface area (Å²) in [4.78, 5) is 28.1. The van der Waals surface area contributed by atoms with E-state index in [2.05, 4.69) is 32.9 Å². The number of hydrogen-bond donors (Lipinski definition) is 1. The number of anilines is 1. The molecule has 0 radical (unpaired) electrons. The molecule has 2 aromatic carbocycles. The molecular formula is C16H11IN2O3S. The number of carbonyl (C=O) groups excluding carboxylic acids is 2. The lowest BCUT2D eigenvalue weighted by Gasteiger charge is -2.01. The van der Waals surface area contributed by atoms with E-state index in [0.717, 1.165) is 13.8 Å². The lowest BCUT2D eigenvalue weighted by Crippen LogP contribution is -2.11. The second-order valence-corrected chi connectivity index (χ2v) is 6.93. The van der Waals surface area contributed by atoms with Crippen molar-refractivity contribution in [1.82, 2.24) is 4.98 Å². The molecule has 1 heterocycles. The Morgan fingerprint density at radius 1 is 1.13 bits per heavy atom. The molecular weight excluding hydrogens is 427 g/mol. The van der Waals surface area contributed by atoms with Gasteiger partial charge < -0.3 is 4.74 Å². The first-order chi connectivity index (χ1) is 11.1. The number of methoxy groups -OCH3 is 1. The molecule has 5 nitrogen and oxygen atoms in total. The number of thiazole rings is 1. The molecule has 3 rings (SSSR count). The van der Waals surface area contributed by atoms with Gasteiger partial charge in [-0.2, -0.15) is 0 Å². The second-order valence-electron chi connectivity index (χ2n) is 4.65. The Morgan fingerprint density at radius 3 is 2.52 bits per heavy atom. The zero-order valence-electron chi connectivity index (χ0n) is 12.0. The molecule has 0 saturated heterocycles. The molecule has 0 aliphatic rings. The number of halogens is 1. The van der Waals surface area contributed by atoms with Crippen LogP contribution in [0.4, 0.5) is 5.13 Å². The van der Waals surface area contributed by atoms with Crippen molar-refractivity contribution < 1.29 is 14.3 Å². The molecule has 0 spiro atoms. The highest BCUT2D eigenvalue weighted by molar-refractivity contribution is 14.1. The molecule has 1 N–H and O–H groups in total. The Bertz CT molecular complexity index is 890. The summed E-state index contributed by atoms with van der Waals surface area (Å²) in [5, 5.41) is 3.27. The van der Waals surface area contributed by atoms with Gasteiger partial charge in [-0.3, -0.25) is 10.1 Å². The highest BCUT2D eigenvalue weighted by atomic mass is 127. The van der Waals surface area contributed by atoms with Gasteiger partial charge >= 0.3 is 5.97 Å². The third-order valence-electron chi connectivity index (χ3n) is 3.14. The number of aromatic nitrogens is 1. The van der Waals surface area contributed by atoms with Crippen LogP contribution in [0.2, 0.25) is 0 Å². The molecule has 0 atom stereocenters. The van der Waals surface area contributed by atoms with Gasteiger partial charge in [0.25, 0.3) is 5.91 Å². The Morgan fingerprint density at radius 2 is 1.83 bits per heavy atom. The predicted molar refractivity (Wildman–Crippen MR) is 98.1 cm³/mol. The molecule has 0 saturated carbocycles. The van der Waals surface area contributed by atoms with Crippen molar-refractivity contribution in [2.75, 3.05) is 12.4 Å². The van der Waals surface area contributed by atoms with Gasteiger partial charge in [0.05, 0.1) is 22.9 Å². The zero-order valence-corrected chi connectivity index (χ0v) is 15.0. The average Bonchev–Trinajstić information content (AvgIpc) is 2.95. The maximum Gasteiger partial charge on any atom is 0.337 e. The van der Waals surface area contributed by atoms with Gasteiger partial charge in [0, 0.05) is 9.13 Å². The van der Waals surface area contributed by atoms with E-state index < -0.39 is 5.97 Å². The summed E-state index contributed by atoms with van der Waals surface area (Å²) < 4.78 is 6.57. The van der Waals surface area contributed by atoms with E-state index in [0.29, 0.717) is 16.3 Å². The van der Waals surface area contributed by atoms with Crippen molar-refractivity contribution in [3.05, 3.63) is 57.2 Å². The molecule has 1 aromatic heterocycles. The maximum absolute atomic E-state index is 12.2. The Balaban J connectivity index is 1.84. The number of rotatable bonds is 3. The van der Waals surface area contributed by atoms with Gasteiger partial charge in [0.2, 0.25) is 0 Å². The summed E-state index contributed by atoms with van der Waals surface area (Å²) in [5.74, 6) is -0.613. The molecule has 0 aliphatic carbocycles. The van der Waals surface area contributed by atoms with Crippen LogP contribution < -0.4 is 5.32 Å². The van der Waals surface area contributed by atoms with Gasteiger partial charge in [-0.15, -0.1) is 0 Å². The second kappa shape index (κ2) is 6.63. The fourth-order valence-electron chi connectivity index (χ4n) is 1.99. The SMILES string of the molecule is COC(=O)c1ccc2nc(NC(=O)c3ccc(I)cc3)sc2c1. The summed E-state index contributed by atoms with van der Waals surface area (Å²) in [5.41, 5.74) is 1.75.